The predicted octanol–water partition coefficient (Wildman–Crippen LogP) is 11.4. The van der Waals surface area contributed by atoms with Gasteiger partial charge in [-0.05, 0) is 147 Å². The first-order valence-corrected chi connectivity index (χ1v) is 21.6. The molecule has 3 heterocycles. The number of ether oxygens (including phenoxy) is 2. The molecule has 5 nitrogen and oxygen atoms in total. The Morgan fingerprint density at radius 3 is 2.18 bits per heavy atom. The highest BCUT2D eigenvalue weighted by Crippen LogP contribution is 2.69. The van der Waals surface area contributed by atoms with Crippen molar-refractivity contribution in [2.45, 2.75) is 82.1 Å². The smallest absolute Gasteiger partial charge is 0.338 e. The standard InChI is InChI=1S/C51H52N2O3/c1-2-55-49(54)35-15-22-42-45(31-35)50(33-34-14-16-38(50)30-34)47-43-24-25-51(36-12-6-3-7-13-36,37-17-19-39(20-18-37)52-26-8-4-9-27-52)56-48(43)44-32-40(21-23-41(44)46(42)47)53-28-10-5-11-29-53/h3,6-7,12-13,15,17-25,31-32,34,38H,2,4-5,8-11,14,16,26-30,33H2,1H3. The Labute approximate surface area is 331 Å². The summed E-state index contributed by atoms with van der Waals surface area (Å²) in [5.74, 6) is 1.97. The zero-order valence-corrected chi connectivity index (χ0v) is 32.7. The van der Waals surface area contributed by atoms with Gasteiger partial charge in [0.05, 0.1) is 12.2 Å². The lowest BCUT2D eigenvalue weighted by atomic mass is 9.65. The summed E-state index contributed by atoms with van der Waals surface area (Å²) >= 11 is 0. The van der Waals surface area contributed by atoms with Crippen molar-refractivity contribution in [2.75, 3.05) is 42.6 Å². The van der Waals surface area contributed by atoms with Crippen LogP contribution >= 0.6 is 0 Å². The molecule has 2 bridgehead atoms. The van der Waals surface area contributed by atoms with Crippen molar-refractivity contribution in [1.29, 1.82) is 0 Å². The molecule has 5 aromatic rings. The van der Waals surface area contributed by atoms with Crippen LogP contribution in [0.2, 0.25) is 0 Å². The van der Waals surface area contributed by atoms with Gasteiger partial charge in [-0.1, -0.05) is 67.1 Å². The number of hydrogen-bond acceptors (Lipinski definition) is 5. The monoisotopic (exact) mass is 740 g/mol. The van der Waals surface area contributed by atoms with Crippen LogP contribution in [0.3, 0.4) is 0 Å². The molecule has 6 aliphatic rings. The summed E-state index contributed by atoms with van der Waals surface area (Å²) in [6, 6.07) is 33.7. The minimum absolute atomic E-state index is 0.170. The van der Waals surface area contributed by atoms with E-state index in [1.54, 1.807) is 0 Å². The predicted molar refractivity (Wildman–Crippen MR) is 227 cm³/mol. The van der Waals surface area contributed by atoms with Crippen molar-refractivity contribution in [2.24, 2.45) is 11.8 Å². The summed E-state index contributed by atoms with van der Waals surface area (Å²) in [6.07, 6.45) is 17.2. The Hall–Kier alpha value is -5.03. The number of carbonyl (C=O) groups is 1. The summed E-state index contributed by atoms with van der Waals surface area (Å²) in [7, 11) is 0. The van der Waals surface area contributed by atoms with Crippen molar-refractivity contribution in [1.82, 2.24) is 0 Å². The molecule has 0 amide bonds. The first kappa shape index (κ1) is 34.2. The lowest BCUT2D eigenvalue weighted by Gasteiger charge is -2.41. The summed E-state index contributed by atoms with van der Waals surface area (Å²) in [5, 5.41) is 2.43. The molecule has 56 heavy (non-hydrogen) atoms. The zero-order valence-electron chi connectivity index (χ0n) is 32.7. The fourth-order valence-corrected chi connectivity index (χ4v) is 12.0. The van der Waals surface area contributed by atoms with E-state index in [4.69, 9.17) is 9.47 Å². The van der Waals surface area contributed by atoms with E-state index < -0.39 is 5.60 Å². The van der Waals surface area contributed by atoms with Gasteiger partial charge in [0.2, 0.25) is 0 Å². The van der Waals surface area contributed by atoms with E-state index in [9.17, 15) is 4.79 Å². The van der Waals surface area contributed by atoms with Gasteiger partial charge in [0.25, 0.3) is 0 Å². The van der Waals surface area contributed by atoms with E-state index in [0.29, 0.717) is 24.0 Å². The average Bonchev–Trinajstić information content (AvgIpc) is 3.97. The minimum Gasteiger partial charge on any atom is -0.472 e. The number of esters is 1. The normalized spacial score (nSPS) is 25.9. The molecule has 11 rings (SSSR count). The molecule has 5 heteroatoms. The Morgan fingerprint density at radius 1 is 0.768 bits per heavy atom. The first-order chi connectivity index (χ1) is 27.6. The lowest BCUT2D eigenvalue weighted by Crippen LogP contribution is -2.37. The number of anilines is 2. The van der Waals surface area contributed by atoms with E-state index in [-0.39, 0.29) is 11.4 Å². The molecule has 2 saturated heterocycles. The van der Waals surface area contributed by atoms with E-state index in [1.165, 1.54) is 108 Å². The molecule has 0 radical (unpaired) electrons. The topological polar surface area (TPSA) is 42.0 Å². The summed E-state index contributed by atoms with van der Waals surface area (Å²) in [4.78, 5) is 18.4. The maximum atomic E-state index is 13.3. The van der Waals surface area contributed by atoms with Gasteiger partial charge < -0.3 is 19.3 Å². The zero-order chi connectivity index (χ0) is 37.4. The van der Waals surface area contributed by atoms with Crippen LogP contribution in [0.1, 0.15) is 109 Å². The molecule has 3 aliphatic heterocycles. The molecule has 284 valence electrons. The summed E-state index contributed by atoms with van der Waals surface area (Å²) in [6.45, 7) is 6.67. The second-order valence-electron chi connectivity index (χ2n) is 17.4. The molecule has 2 saturated carbocycles. The molecule has 4 atom stereocenters. The van der Waals surface area contributed by atoms with Gasteiger partial charge in [-0.25, -0.2) is 4.79 Å². The van der Waals surface area contributed by atoms with Gasteiger partial charge in [-0.3, -0.25) is 0 Å². The molecular formula is C51H52N2O3. The second kappa shape index (κ2) is 13.3. The number of piperidine rings is 2. The third-order valence-electron chi connectivity index (χ3n) is 14.5. The van der Waals surface area contributed by atoms with E-state index in [0.717, 1.165) is 49.5 Å². The van der Waals surface area contributed by atoms with Crippen LogP contribution in [-0.2, 0) is 15.8 Å². The number of rotatable bonds is 6. The van der Waals surface area contributed by atoms with E-state index in [2.05, 4.69) is 107 Å². The van der Waals surface area contributed by atoms with Crippen molar-refractivity contribution < 1.29 is 14.3 Å². The Balaban J connectivity index is 1.16. The van der Waals surface area contributed by atoms with Gasteiger partial charge >= 0.3 is 5.97 Å². The van der Waals surface area contributed by atoms with Crippen LogP contribution in [0.5, 0.6) is 5.75 Å². The SMILES string of the molecule is CCOC(=O)c1ccc2c(c1)C1(CC3CCC1C3)c1c3c(c4cc(N5CCCCC5)ccc4c1-2)OC(c1ccccc1)(c1ccc(N2CCCCC2)cc1)C=C3. The highest BCUT2D eigenvalue weighted by atomic mass is 16.5. The highest BCUT2D eigenvalue weighted by molar-refractivity contribution is 6.10. The van der Waals surface area contributed by atoms with Gasteiger partial charge in [0.1, 0.15) is 5.75 Å². The maximum Gasteiger partial charge on any atom is 0.338 e. The molecule has 1 spiro atoms. The number of fused-ring (bicyclic) bond motifs is 13. The fourth-order valence-electron chi connectivity index (χ4n) is 12.0. The second-order valence-corrected chi connectivity index (χ2v) is 17.4. The fraction of sp³-hybridized carbons (Fsp3) is 0.392. The number of benzene rings is 5. The van der Waals surface area contributed by atoms with Crippen LogP contribution < -0.4 is 14.5 Å². The first-order valence-electron chi connectivity index (χ1n) is 21.6. The summed E-state index contributed by atoms with van der Waals surface area (Å²) in [5.41, 5.74) is 11.1. The van der Waals surface area contributed by atoms with E-state index >= 15 is 0 Å². The van der Waals surface area contributed by atoms with Gasteiger partial charge in [0, 0.05) is 65.0 Å². The van der Waals surface area contributed by atoms with Gasteiger partial charge in [0.15, 0.2) is 5.60 Å². The van der Waals surface area contributed by atoms with Crippen molar-refractivity contribution in [3.05, 3.63) is 130 Å². The number of carbonyl (C=O) groups excluding carboxylic acids is 1. The quantitative estimate of drug-likeness (QED) is 0.162. The average molecular weight is 741 g/mol. The number of nitrogens with zero attached hydrogens (tertiary/aromatic N) is 2. The molecule has 3 aliphatic carbocycles. The maximum absolute atomic E-state index is 13.3. The molecule has 0 aromatic heterocycles. The van der Waals surface area contributed by atoms with Crippen LogP contribution in [0, 0.1) is 11.8 Å². The molecule has 4 fully saturated rings. The molecule has 0 N–H and O–H groups in total. The Morgan fingerprint density at radius 2 is 1.48 bits per heavy atom. The van der Waals surface area contributed by atoms with Crippen LogP contribution in [-0.4, -0.2) is 38.8 Å². The Bertz CT molecular complexity index is 2370. The van der Waals surface area contributed by atoms with Crippen molar-refractivity contribution in [3.8, 4) is 16.9 Å². The third-order valence-corrected chi connectivity index (χ3v) is 14.5. The third kappa shape index (κ3) is 5.08. The summed E-state index contributed by atoms with van der Waals surface area (Å²) < 4.78 is 13.4. The molecule has 5 aromatic carbocycles. The van der Waals surface area contributed by atoms with Gasteiger partial charge in [-0.15, -0.1) is 0 Å². The Kier molecular flexibility index (Phi) is 8.12. The lowest BCUT2D eigenvalue weighted by molar-refractivity contribution is 0.0526. The van der Waals surface area contributed by atoms with Crippen LogP contribution in [0.15, 0.2) is 97.1 Å². The van der Waals surface area contributed by atoms with Gasteiger partial charge in [-0.2, -0.15) is 0 Å². The van der Waals surface area contributed by atoms with Crippen molar-refractivity contribution >= 4 is 34.2 Å². The highest BCUT2D eigenvalue weighted by Gasteiger charge is 2.59. The number of hydrogen-bond donors (Lipinski definition) is 0. The van der Waals surface area contributed by atoms with Crippen LogP contribution in [0.25, 0.3) is 28.0 Å². The molecular weight excluding hydrogens is 689 g/mol. The molecule has 4 unspecified atom stereocenters. The van der Waals surface area contributed by atoms with Crippen molar-refractivity contribution in [3.63, 3.8) is 0 Å². The minimum atomic E-state index is -0.804. The van der Waals surface area contributed by atoms with E-state index in [1.807, 2.05) is 13.0 Å². The van der Waals surface area contributed by atoms with Crippen LogP contribution in [0.4, 0.5) is 11.4 Å². The largest absolute Gasteiger partial charge is 0.472 e.